The summed E-state index contributed by atoms with van der Waals surface area (Å²) in [6.45, 7) is 0.751. The summed E-state index contributed by atoms with van der Waals surface area (Å²) in [6.07, 6.45) is 1.95. The molecule has 3 rings (SSSR count). The molecule has 0 spiro atoms. The molecule has 23 heavy (non-hydrogen) atoms. The van der Waals surface area contributed by atoms with Crippen LogP contribution in [0.15, 0.2) is 46.0 Å². The molecule has 0 bridgehead atoms. The van der Waals surface area contributed by atoms with Crippen LogP contribution in [0.5, 0.6) is 0 Å². The Bertz CT molecular complexity index is 801. The van der Waals surface area contributed by atoms with Gasteiger partial charge in [-0.15, -0.1) is 0 Å². The second-order valence-electron chi connectivity index (χ2n) is 5.49. The predicted octanol–water partition coefficient (Wildman–Crippen LogP) is 1.48. The van der Waals surface area contributed by atoms with E-state index < -0.39 is 16.0 Å². The van der Waals surface area contributed by atoms with E-state index in [1.54, 1.807) is 18.2 Å². The third kappa shape index (κ3) is 3.27. The van der Waals surface area contributed by atoms with Crippen molar-refractivity contribution in [2.75, 3.05) is 13.1 Å². The molecule has 7 nitrogen and oxygen atoms in total. The molecular formula is C15H16N2O5S. The number of benzene rings is 1. The molecule has 0 radical (unpaired) electrons. The van der Waals surface area contributed by atoms with E-state index in [9.17, 15) is 13.2 Å². The zero-order chi connectivity index (χ0) is 16.4. The number of aromatic nitrogens is 1. The Morgan fingerprint density at radius 1 is 1.39 bits per heavy atom. The van der Waals surface area contributed by atoms with Gasteiger partial charge in [-0.3, -0.25) is 4.79 Å². The van der Waals surface area contributed by atoms with Crippen LogP contribution >= 0.6 is 0 Å². The van der Waals surface area contributed by atoms with Gasteiger partial charge in [0.05, 0.1) is 17.0 Å². The summed E-state index contributed by atoms with van der Waals surface area (Å²) in [7, 11) is -3.64. The molecule has 1 aliphatic heterocycles. The van der Waals surface area contributed by atoms with Gasteiger partial charge in [-0.2, -0.15) is 4.31 Å². The van der Waals surface area contributed by atoms with Crippen molar-refractivity contribution in [3.63, 3.8) is 0 Å². The lowest BCUT2D eigenvalue weighted by atomic mass is 10.1. The summed E-state index contributed by atoms with van der Waals surface area (Å²) < 4.78 is 31.7. The highest BCUT2D eigenvalue weighted by molar-refractivity contribution is 7.89. The van der Waals surface area contributed by atoms with Gasteiger partial charge in [-0.25, -0.2) is 8.42 Å². The fourth-order valence-electron chi connectivity index (χ4n) is 2.76. The first-order valence-corrected chi connectivity index (χ1v) is 8.62. The average molecular weight is 336 g/mol. The fourth-order valence-corrected chi connectivity index (χ4v) is 4.33. The summed E-state index contributed by atoms with van der Waals surface area (Å²) in [5, 5.41) is 12.7. The van der Waals surface area contributed by atoms with Gasteiger partial charge in [-0.1, -0.05) is 17.3 Å². The molecule has 0 saturated carbocycles. The Morgan fingerprint density at radius 3 is 2.91 bits per heavy atom. The van der Waals surface area contributed by atoms with Crippen LogP contribution in [0.25, 0.3) is 0 Å². The molecule has 1 aliphatic rings. The summed E-state index contributed by atoms with van der Waals surface area (Å²) in [4.78, 5) is 10.9. The summed E-state index contributed by atoms with van der Waals surface area (Å²) in [5.41, 5.74) is 1.22. The lowest BCUT2D eigenvalue weighted by molar-refractivity contribution is -0.136. The second kappa shape index (κ2) is 6.13. The highest BCUT2D eigenvalue weighted by Gasteiger charge is 2.34. The minimum atomic E-state index is -3.64. The van der Waals surface area contributed by atoms with Crippen LogP contribution in [0, 0.1) is 0 Å². The zero-order valence-electron chi connectivity index (χ0n) is 12.3. The molecule has 2 aromatic rings. The normalized spacial score (nSPS) is 19.0. The van der Waals surface area contributed by atoms with Crippen molar-refractivity contribution < 1.29 is 22.8 Å². The number of hydrogen-bond donors (Lipinski definition) is 1. The summed E-state index contributed by atoms with van der Waals surface area (Å²) in [6, 6.07) is 7.83. The monoisotopic (exact) mass is 336 g/mol. The van der Waals surface area contributed by atoms with Gasteiger partial charge in [0.25, 0.3) is 0 Å². The Labute approximate surface area is 133 Å². The first-order chi connectivity index (χ1) is 11.0. The first kappa shape index (κ1) is 15.7. The number of sulfonamides is 1. The molecule has 1 atom stereocenters. The maximum atomic E-state index is 12.7. The molecule has 1 aromatic heterocycles. The van der Waals surface area contributed by atoms with Crippen LogP contribution in [0.4, 0.5) is 0 Å². The van der Waals surface area contributed by atoms with Crippen LogP contribution in [-0.4, -0.2) is 42.0 Å². The number of carbonyl (C=O) groups is 1. The number of aliphatic carboxylic acids is 1. The van der Waals surface area contributed by atoms with E-state index in [0.717, 1.165) is 5.69 Å². The van der Waals surface area contributed by atoms with Crippen LogP contribution in [0.1, 0.15) is 23.6 Å². The summed E-state index contributed by atoms with van der Waals surface area (Å²) >= 11 is 0. The van der Waals surface area contributed by atoms with Crippen molar-refractivity contribution in [3.8, 4) is 0 Å². The maximum Gasteiger partial charge on any atom is 0.307 e. The zero-order valence-corrected chi connectivity index (χ0v) is 13.1. The van der Waals surface area contributed by atoms with E-state index in [-0.39, 0.29) is 17.2 Å². The van der Waals surface area contributed by atoms with Crippen molar-refractivity contribution in [1.82, 2.24) is 9.46 Å². The molecule has 8 heteroatoms. The number of carboxylic acid groups (broad SMARTS) is 1. The van der Waals surface area contributed by atoms with Crippen LogP contribution in [0.2, 0.25) is 0 Å². The van der Waals surface area contributed by atoms with Crippen molar-refractivity contribution in [2.45, 2.75) is 23.7 Å². The van der Waals surface area contributed by atoms with Gasteiger partial charge in [0.1, 0.15) is 6.26 Å². The van der Waals surface area contributed by atoms with Crippen molar-refractivity contribution in [3.05, 3.63) is 47.9 Å². The van der Waals surface area contributed by atoms with Crippen molar-refractivity contribution in [2.24, 2.45) is 0 Å². The minimum absolute atomic E-state index is 0.0192. The maximum absolute atomic E-state index is 12.7. The Balaban J connectivity index is 1.81. The SMILES string of the molecule is O=C(O)Cc1cccc(S(=O)(=O)N2CCC(c3ccon3)C2)c1. The van der Waals surface area contributed by atoms with Gasteiger partial charge in [0.2, 0.25) is 10.0 Å². The molecule has 1 N–H and O–H groups in total. The molecule has 122 valence electrons. The van der Waals surface area contributed by atoms with E-state index in [1.807, 2.05) is 0 Å². The standard InChI is InChI=1S/C15H16N2O5S/c18-15(19)9-11-2-1-3-13(8-11)23(20,21)17-6-4-12(10-17)14-5-7-22-16-14/h1-3,5,7-8,12H,4,6,9-10H2,(H,18,19). The third-order valence-electron chi connectivity index (χ3n) is 3.92. The van der Waals surface area contributed by atoms with Gasteiger partial charge in [0, 0.05) is 25.1 Å². The Hall–Kier alpha value is -2.19. The minimum Gasteiger partial charge on any atom is -0.481 e. The fraction of sp³-hybridized carbons (Fsp3) is 0.333. The predicted molar refractivity (Wildman–Crippen MR) is 80.4 cm³/mol. The topological polar surface area (TPSA) is 101 Å². The molecular weight excluding hydrogens is 320 g/mol. The van der Waals surface area contributed by atoms with Gasteiger partial charge >= 0.3 is 5.97 Å². The van der Waals surface area contributed by atoms with E-state index >= 15 is 0 Å². The van der Waals surface area contributed by atoms with Crippen molar-refractivity contribution in [1.29, 1.82) is 0 Å². The quantitative estimate of drug-likeness (QED) is 0.887. The molecule has 0 aliphatic carbocycles. The van der Waals surface area contributed by atoms with E-state index in [2.05, 4.69) is 5.16 Å². The number of rotatable bonds is 5. The largest absolute Gasteiger partial charge is 0.481 e. The van der Waals surface area contributed by atoms with Crippen LogP contribution in [0.3, 0.4) is 0 Å². The van der Waals surface area contributed by atoms with Gasteiger partial charge in [0.15, 0.2) is 0 Å². The van der Waals surface area contributed by atoms with E-state index in [4.69, 9.17) is 9.63 Å². The van der Waals surface area contributed by atoms with E-state index in [1.165, 1.54) is 22.7 Å². The summed E-state index contributed by atoms with van der Waals surface area (Å²) in [5.74, 6) is -0.974. The lowest BCUT2D eigenvalue weighted by Crippen LogP contribution is -2.28. The Kier molecular flexibility index (Phi) is 4.18. The first-order valence-electron chi connectivity index (χ1n) is 7.18. The molecule has 1 unspecified atom stereocenters. The molecule has 2 heterocycles. The molecule has 1 aromatic carbocycles. The third-order valence-corrected chi connectivity index (χ3v) is 5.78. The van der Waals surface area contributed by atoms with E-state index in [0.29, 0.717) is 25.1 Å². The molecule has 1 fully saturated rings. The van der Waals surface area contributed by atoms with Crippen LogP contribution in [-0.2, 0) is 21.2 Å². The second-order valence-corrected chi connectivity index (χ2v) is 7.43. The average Bonchev–Trinajstić information content (AvgIpc) is 3.18. The number of nitrogens with zero attached hydrogens (tertiary/aromatic N) is 2. The van der Waals surface area contributed by atoms with Gasteiger partial charge in [-0.05, 0) is 24.1 Å². The Morgan fingerprint density at radius 2 is 2.22 bits per heavy atom. The number of hydrogen-bond acceptors (Lipinski definition) is 5. The highest BCUT2D eigenvalue weighted by atomic mass is 32.2. The smallest absolute Gasteiger partial charge is 0.307 e. The molecule has 1 saturated heterocycles. The lowest BCUT2D eigenvalue weighted by Gasteiger charge is -2.16. The van der Waals surface area contributed by atoms with Crippen LogP contribution < -0.4 is 0 Å². The molecule has 0 amide bonds. The highest BCUT2D eigenvalue weighted by Crippen LogP contribution is 2.30. The van der Waals surface area contributed by atoms with Crippen molar-refractivity contribution >= 4 is 16.0 Å². The van der Waals surface area contributed by atoms with Gasteiger partial charge < -0.3 is 9.63 Å². The number of carboxylic acids is 1.